The first-order valence-corrected chi connectivity index (χ1v) is 7.48. The highest BCUT2D eigenvalue weighted by molar-refractivity contribution is 7.99. The van der Waals surface area contributed by atoms with Crippen molar-refractivity contribution in [2.24, 2.45) is 7.05 Å². The lowest BCUT2D eigenvalue weighted by atomic mass is 10.2. The molecule has 0 spiro atoms. The van der Waals surface area contributed by atoms with Gasteiger partial charge in [-0.2, -0.15) is 5.10 Å². The lowest BCUT2D eigenvalue weighted by molar-refractivity contribution is 0.674. The summed E-state index contributed by atoms with van der Waals surface area (Å²) in [6.45, 7) is 5.96. The Morgan fingerprint density at radius 3 is 2.89 bits per heavy atom. The third-order valence-corrected chi connectivity index (χ3v) is 4.28. The van der Waals surface area contributed by atoms with E-state index in [0.717, 1.165) is 28.7 Å². The number of hydrogen-bond acceptors (Lipinski definition) is 3. The smallest absolute Gasteiger partial charge is 0.103 e. The van der Waals surface area contributed by atoms with Crippen molar-refractivity contribution in [2.75, 3.05) is 6.54 Å². The molecule has 1 aromatic carbocycles. The topological polar surface area (TPSA) is 29.9 Å². The van der Waals surface area contributed by atoms with Gasteiger partial charge in [-0.1, -0.05) is 36.4 Å². The molecule has 19 heavy (non-hydrogen) atoms. The Hall–Kier alpha value is -0.970. The van der Waals surface area contributed by atoms with Crippen LogP contribution in [-0.2, 0) is 13.6 Å². The Bertz CT molecular complexity index is 566. The number of aromatic nitrogens is 2. The second-order valence-corrected chi connectivity index (χ2v) is 5.83. The van der Waals surface area contributed by atoms with Crippen LogP contribution in [0.25, 0.3) is 0 Å². The van der Waals surface area contributed by atoms with E-state index < -0.39 is 0 Å². The quantitative estimate of drug-likeness (QED) is 0.913. The first kappa shape index (κ1) is 14.4. The molecule has 102 valence electrons. The van der Waals surface area contributed by atoms with E-state index in [2.05, 4.69) is 30.3 Å². The molecule has 3 nitrogen and oxygen atoms in total. The molecular formula is C14H18ClN3S. The van der Waals surface area contributed by atoms with Crippen molar-refractivity contribution in [3.8, 4) is 0 Å². The summed E-state index contributed by atoms with van der Waals surface area (Å²) in [5.74, 6) is 0. The van der Waals surface area contributed by atoms with Crippen molar-refractivity contribution >= 4 is 23.4 Å². The highest BCUT2D eigenvalue weighted by Crippen LogP contribution is 2.32. The van der Waals surface area contributed by atoms with Crippen LogP contribution in [0, 0.1) is 6.92 Å². The molecular weight excluding hydrogens is 278 g/mol. The minimum Gasteiger partial charge on any atom is -0.313 e. The highest BCUT2D eigenvalue weighted by atomic mass is 35.5. The van der Waals surface area contributed by atoms with E-state index in [1.165, 1.54) is 10.6 Å². The van der Waals surface area contributed by atoms with E-state index in [1.54, 1.807) is 11.8 Å². The fourth-order valence-corrected chi connectivity index (χ4v) is 3.23. The van der Waals surface area contributed by atoms with Gasteiger partial charge in [0.25, 0.3) is 0 Å². The van der Waals surface area contributed by atoms with Crippen molar-refractivity contribution in [3.63, 3.8) is 0 Å². The van der Waals surface area contributed by atoms with Gasteiger partial charge in [0.1, 0.15) is 5.03 Å². The number of nitrogens with zero attached hydrogens (tertiary/aromatic N) is 2. The van der Waals surface area contributed by atoms with Crippen molar-refractivity contribution in [1.29, 1.82) is 0 Å². The molecule has 0 bridgehead atoms. The molecule has 2 aromatic rings. The lowest BCUT2D eigenvalue weighted by Crippen LogP contribution is -2.12. The average Bonchev–Trinajstić information content (AvgIpc) is 2.62. The number of hydrogen-bond donors (Lipinski definition) is 1. The summed E-state index contributed by atoms with van der Waals surface area (Å²) >= 11 is 7.73. The van der Waals surface area contributed by atoms with Gasteiger partial charge in [0.2, 0.25) is 0 Å². The Balaban J connectivity index is 2.28. The van der Waals surface area contributed by atoms with Crippen molar-refractivity contribution in [3.05, 3.63) is 40.5 Å². The van der Waals surface area contributed by atoms with Gasteiger partial charge in [-0.05, 0) is 31.7 Å². The monoisotopic (exact) mass is 295 g/mol. The molecule has 0 amide bonds. The summed E-state index contributed by atoms with van der Waals surface area (Å²) in [7, 11) is 1.98. The predicted octanol–water partition coefficient (Wildman–Crippen LogP) is 3.64. The Kier molecular flexibility index (Phi) is 4.91. The van der Waals surface area contributed by atoms with Gasteiger partial charge >= 0.3 is 0 Å². The van der Waals surface area contributed by atoms with Gasteiger partial charge in [-0.15, -0.1) is 0 Å². The second kappa shape index (κ2) is 6.46. The molecule has 0 radical (unpaired) electrons. The SMILES string of the molecule is CCNCc1c(C)nn(C)c1Sc1cccc(Cl)c1. The predicted molar refractivity (Wildman–Crippen MR) is 80.9 cm³/mol. The van der Waals surface area contributed by atoms with Gasteiger partial charge in [-0.25, -0.2) is 0 Å². The first-order valence-electron chi connectivity index (χ1n) is 6.28. The van der Waals surface area contributed by atoms with Crippen molar-refractivity contribution < 1.29 is 0 Å². The number of benzene rings is 1. The van der Waals surface area contributed by atoms with E-state index in [1.807, 2.05) is 29.9 Å². The third-order valence-electron chi connectivity index (χ3n) is 2.85. The van der Waals surface area contributed by atoms with Crippen molar-refractivity contribution in [2.45, 2.75) is 30.3 Å². The molecule has 0 aliphatic heterocycles. The maximum absolute atomic E-state index is 6.03. The fourth-order valence-electron chi connectivity index (χ4n) is 1.90. The molecule has 0 fully saturated rings. The molecule has 0 saturated carbocycles. The number of halogens is 1. The summed E-state index contributed by atoms with van der Waals surface area (Å²) < 4.78 is 1.94. The van der Waals surface area contributed by atoms with E-state index in [0.29, 0.717) is 0 Å². The van der Waals surface area contributed by atoms with Crippen LogP contribution in [0.1, 0.15) is 18.2 Å². The summed E-state index contributed by atoms with van der Waals surface area (Å²) in [6, 6.07) is 7.90. The molecule has 0 unspecified atom stereocenters. The Morgan fingerprint density at radius 2 is 2.21 bits per heavy atom. The van der Waals surface area contributed by atoms with Crippen LogP contribution >= 0.6 is 23.4 Å². The van der Waals surface area contributed by atoms with Gasteiger partial charge in [0.15, 0.2) is 0 Å². The molecule has 1 aromatic heterocycles. The van der Waals surface area contributed by atoms with E-state index in [4.69, 9.17) is 11.6 Å². The van der Waals surface area contributed by atoms with Crippen LogP contribution < -0.4 is 5.32 Å². The lowest BCUT2D eigenvalue weighted by Gasteiger charge is -2.07. The van der Waals surface area contributed by atoms with Crippen LogP contribution in [0.3, 0.4) is 0 Å². The van der Waals surface area contributed by atoms with Gasteiger partial charge < -0.3 is 5.32 Å². The van der Waals surface area contributed by atoms with Crippen LogP contribution in [0.5, 0.6) is 0 Å². The molecule has 0 aliphatic carbocycles. The first-order chi connectivity index (χ1) is 9.11. The maximum atomic E-state index is 6.03. The number of nitrogens with one attached hydrogen (secondary N) is 1. The Morgan fingerprint density at radius 1 is 1.42 bits per heavy atom. The molecule has 1 heterocycles. The van der Waals surface area contributed by atoms with E-state index >= 15 is 0 Å². The van der Waals surface area contributed by atoms with Crippen LogP contribution in [-0.4, -0.2) is 16.3 Å². The summed E-state index contributed by atoms with van der Waals surface area (Å²) in [5.41, 5.74) is 2.34. The van der Waals surface area contributed by atoms with Crippen molar-refractivity contribution in [1.82, 2.24) is 15.1 Å². The summed E-state index contributed by atoms with van der Waals surface area (Å²) in [4.78, 5) is 1.13. The second-order valence-electron chi connectivity index (χ2n) is 4.33. The van der Waals surface area contributed by atoms with Crippen LogP contribution in [0.4, 0.5) is 0 Å². The van der Waals surface area contributed by atoms with E-state index in [-0.39, 0.29) is 0 Å². The largest absolute Gasteiger partial charge is 0.313 e. The maximum Gasteiger partial charge on any atom is 0.103 e. The standard InChI is InChI=1S/C14H18ClN3S/c1-4-16-9-13-10(2)17-18(3)14(13)19-12-7-5-6-11(15)8-12/h5-8,16H,4,9H2,1-3H3. The third kappa shape index (κ3) is 3.53. The molecule has 2 rings (SSSR count). The zero-order valence-corrected chi connectivity index (χ0v) is 13.0. The minimum atomic E-state index is 0.761. The molecule has 5 heteroatoms. The average molecular weight is 296 g/mol. The summed E-state index contributed by atoms with van der Waals surface area (Å²) in [5, 5.41) is 9.80. The molecule has 0 atom stereocenters. The van der Waals surface area contributed by atoms with Gasteiger partial charge in [-0.3, -0.25) is 4.68 Å². The van der Waals surface area contributed by atoms with Crippen LogP contribution in [0.2, 0.25) is 5.02 Å². The van der Waals surface area contributed by atoms with Gasteiger partial charge in [0, 0.05) is 29.1 Å². The highest BCUT2D eigenvalue weighted by Gasteiger charge is 2.14. The van der Waals surface area contributed by atoms with E-state index in [9.17, 15) is 0 Å². The number of aryl methyl sites for hydroxylation is 2. The number of rotatable bonds is 5. The minimum absolute atomic E-state index is 0.761. The van der Waals surface area contributed by atoms with Crippen LogP contribution in [0.15, 0.2) is 34.2 Å². The molecule has 1 N–H and O–H groups in total. The molecule has 0 saturated heterocycles. The fraction of sp³-hybridized carbons (Fsp3) is 0.357. The Labute approximate surface area is 123 Å². The zero-order chi connectivity index (χ0) is 13.8. The van der Waals surface area contributed by atoms with Gasteiger partial charge in [0.05, 0.1) is 5.69 Å². The summed E-state index contributed by atoms with van der Waals surface area (Å²) in [6.07, 6.45) is 0. The molecule has 0 aliphatic rings. The zero-order valence-electron chi connectivity index (χ0n) is 11.4. The normalized spacial score (nSPS) is 10.9.